The largest absolute Gasteiger partial charge is 0.481 e. The summed E-state index contributed by atoms with van der Waals surface area (Å²) in [5.74, 6) is 0.503. The van der Waals surface area contributed by atoms with Gasteiger partial charge in [-0.25, -0.2) is 4.98 Å². The Morgan fingerprint density at radius 3 is 2.91 bits per heavy atom. The average Bonchev–Trinajstić information content (AvgIpc) is 2.03. The zero-order chi connectivity index (χ0) is 8.27. The molecule has 0 unspecified atom stereocenters. The molecule has 11 heavy (non-hydrogen) atoms. The maximum absolute atomic E-state index is 8.74. The summed E-state index contributed by atoms with van der Waals surface area (Å²) in [5, 5.41) is 8.74. The van der Waals surface area contributed by atoms with Crippen LogP contribution in [0, 0.1) is 0 Å². The average molecular weight is 218 g/mol. The molecule has 0 aromatic carbocycles. The highest BCUT2D eigenvalue weighted by Gasteiger charge is 1.98. The van der Waals surface area contributed by atoms with Crippen LogP contribution < -0.4 is 4.74 Å². The van der Waals surface area contributed by atoms with E-state index >= 15 is 0 Å². The number of rotatable bonds is 2. The Morgan fingerprint density at radius 2 is 2.36 bits per heavy atom. The number of aromatic nitrogens is 1. The second-order valence-corrected chi connectivity index (χ2v) is 2.89. The highest BCUT2D eigenvalue weighted by Crippen LogP contribution is 2.17. The quantitative estimate of drug-likeness (QED) is 0.814. The zero-order valence-electron chi connectivity index (χ0n) is 6.04. The third-order valence-corrected chi connectivity index (χ3v) is 1.65. The molecule has 60 valence electrons. The first-order chi connectivity index (χ1) is 5.26. The molecule has 0 saturated carbocycles. The van der Waals surface area contributed by atoms with Crippen LogP contribution in [-0.2, 0) is 6.61 Å². The van der Waals surface area contributed by atoms with Gasteiger partial charge in [0.05, 0.1) is 19.4 Å². The molecule has 3 nitrogen and oxygen atoms in total. The number of pyridine rings is 1. The number of aliphatic hydroxyl groups excluding tert-OH is 1. The topological polar surface area (TPSA) is 42.4 Å². The van der Waals surface area contributed by atoms with Crippen molar-refractivity contribution in [2.75, 3.05) is 7.11 Å². The molecule has 0 aliphatic carbocycles. The fourth-order valence-corrected chi connectivity index (χ4v) is 1.17. The number of halogens is 1. The highest BCUT2D eigenvalue weighted by atomic mass is 79.9. The van der Waals surface area contributed by atoms with Crippen LogP contribution in [0.25, 0.3) is 0 Å². The van der Waals surface area contributed by atoms with Gasteiger partial charge in [-0.2, -0.15) is 0 Å². The fraction of sp³-hybridized carbons (Fsp3) is 0.286. The van der Waals surface area contributed by atoms with E-state index in [-0.39, 0.29) is 6.61 Å². The third kappa shape index (κ3) is 2.17. The van der Waals surface area contributed by atoms with Crippen LogP contribution in [-0.4, -0.2) is 17.2 Å². The summed E-state index contributed by atoms with van der Waals surface area (Å²) < 4.78 is 5.74. The molecule has 1 aromatic rings. The minimum Gasteiger partial charge on any atom is -0.481 e. The lowest BCUT2D eigenvalue weighted by Gasteiger charge is -2.01. The maximum Gasteiger partial charge on any atom is 0.214 e. The Bertz CT molecular complexity index is 230. The van der Waals surface area contributed by atoms with Gasteiger partial charge >= 0.3 is 0 Å². The van der Waals surface area contributed by atoms with E-state index in [4.69, 9.17) is 9.84 Å². The molecule has 0 bridgehead atoms. The molecule has 0 amide bonds. The van der Waals surface area contributed by atoms with Crippen LogP contribution in [0.3, 0.4) is 0 Å². The molecule has 0 saturated heterocycles. The predicted molar refractivity (Wildman–Crippen MR) is 44.4 cm³/mol. The van der Waals surface area contributed by atoms with E-state index in [0.717, 1.165) is 4.47 Å². The molecule has 0 atom stereocenters. The summed E-state index contributed by atoms with van der Waals surface area (Å²) in [5.41, 5.74) is 0.594. The number of nitrogens with zero attached hydrogens (tertiary/aromatic N) is 1. The summed E-state index contributed by atoms with van der Waals surface area (Å²) in [6.45, 7) is -0.0736. The summed E-state index contributed by atoms with van der Waals surface area (Å²) in [6.07, 6.45) is 0. The highest BCUT2D eigenvalue weighted by molar-refractivity contribution is 9.10. The van der Waals surface area contributed by atoms with Crippen LogP contribution in [0.15, 0.2) is 16.6 Å². The lowest BCUT2D eigenvalue weighted by Crippen LogP contribution is -1.93. The predicted octanol–water partition coefficient (Wildman–Crippen LogP) is 1.34. The Hall–Kier alpha value is -0.610. The van der Waals surface area contributed by atoms with E-state index in [1.54, 1.807) is 12.1 Å². The van der Waals surface area contributed by atoms with Crippen LogP contribution in [0.5, 0.6) is 5.88 Å². The van der Waals surface area contributed by atoms with Crippen molar-refractivity contribution in [3.63, 3.8) is 0 Å². The summed E-state index contributed by atoms with van der Waals surface area (Å²) in [6, 6.07) is 3.47. The second kappa shape index (κ2) is 3.69. The van der Waals surface area contributed by atoms with Crippen molar-refractivity contribution in [1.29, 1.82) is 0 Å². The second-order valence-electron chi connectivity index (χ2n) is 1.98. The standard InChI is InChI=1S/C7H8BrNO2/c1-11-7-3-5(8)2-6(4-10)9-7/h2-3,10H,4H2,1H3. The first-order valence-corrected chi connectivity index (χ1v) is 3.87. The fourth-order valence-electron chi connectivity index (χ4n) is 0.710. The molecule has 1 aromatic heterocycles. The minimum absolute atomic E-state index is 0.0736. The van der Waals surface area contributed by atoms with Crippen molar-refractivity contribution < 1.29 is 9.84 Å². The molecule has 0 aliphatic heterocycles. The molecule has 0 radical (unpaired) electrons. The van der Waals surface area contributed by atoms with Crippen LogP contribution in [0.4, 0.5) is 0 Å². The van der Waals surface area contributed by atoms with Crippen molar-refractivity contribution in [2.45, 2.75) is 6.61 Å². The van der Waals surface area contributed by atoms with Crippen LogP contribution >= 0.6 is 15.9 Å². The number of hydrogen-bond donors (Lipinski definition) is 1. The molecule has 0 fully saturated rings. The molecular formula is C7H8BrNO2. The van der Waals surface area contributed by atoms with Gasteiger partial charge in [-0.05, 0) is 6.07 Å². The summed E-state index contributed by atoms with van der Waals surface area (Å²) >= 11 is 3.26. The van der Waals surface area contributed by atoms with E-state index in [1.165, 1.54) is 7.11 Å². The van der Waals surface area contributed by atoms with E-state index in [0.29, 0.717) is 11.6 Å². The number of methoxy groups -OCH3 is 1. The monoisotopic (exact) mass is 217 g/mol. The van der Waals surface area contributed by atoms with Gasteiger partial charge < -0.3 is 9.84 Å². The smallest absolute Gasteiger partial charge is 0.214 e. The number of aliphatic hydroxyl groups is 1. The van der Waals surface area contributed by atoms with Crippen molar-refractivity contribution in [1.82, 2.24) is 4.98 Å². The van der Waals surface area contributed by atoms with E-state index < -0.39 is 0 Å². The molecule has 0 spiro atoms. The van der Waals surface area contributed by atoms with E-state index in [9.17, 15) is 0 Å². The number of ether oxygens (including phenoxy) is 1. The van der Waals surface area contributed by atoms with Crippen molar-refractivity contribution >= 4 is 15.9 Å². The van der Waals surface area contributed by atoms with Gasteiger partial charge in [-0.3, -0.25) is 0 Å². The molecule has 1 rings (SSSR count). The van der Waals surface area contributed by atoms with Gasteiger partial charge in [0.15, 0.2) is 0 Å². The summed E-state index contributed by atoms with van der Waals surface area (Å²) in [4.78, 5) is 3.97. The van der Waals surface area contributed by atoms with Crippen molar-refractivity contribution in [3.05, 3.63) is 22.3 Å². The Labute approximate surface area is 73.2 Å². The minimum atomic E-state index is -0.0736. The normalized spacial score (nSPS) is 9.73. The van der Waals surface area contributed by atoms with Gasteiger partial charge in [0.25, 0.3) is 0 Å². The molecule has 1 N–H and O–H groups in total. The first-order valence-electron chi connectivity index (χ1n) is 3.07. The number of hydrogen-bond acceptors (Lipinski definition) is 3. The van der Waals surface area contributed by atoms with E-state index in [2.05, 4.69) is 20.9 Å². The first kappa shape index (κ1) is 8.49. The lowest BCUT2D eigenvalue weighted by atomic mass is 10.4. The Kier molecular flexibility index (Phi) is 2.84. The maximum atomic E-state index is 8.74. The van der Waals surface area contributed by atoms with Crippen LogP contribution in [0.1, 0.15) is 5.69 Å². The molecule has 4 heteroatoms. The molecule has 0 aliphatic rings. The van der Waals surface area contributed by atoms with Gasteiger partial charge in [-0.1, -0.05) is 15.9 Å². The molecule has 1 heterocycles. The van der Waals surface area contributed by atoms with Gasteiger partial charge in [-0.15, -0.1) is 0 Å². The van der Waals surface area contributed by atoms with Gasteiger partial charge in [0.1, 0.15) is 0 Å². The zero-order valence-corrected chi connectivity index (χ0v) is 7.63. The van der Waals surface area contributed by atoms with Gasteiger partial charge in [0, 0.05) is 10.5 Å². The Morgan fingerprint density at radius 1 is 1.64 bits per heavy atom. The van der Waals surface area contributed by atoms with Gasteiger partial charge in [0.2, 0.25) is 5.88 Å². The molecular weight excluding hydrogens is 210 g/mol. The lowest BCUT2D eigenvalue weighted by molar-refractivity contribution is 0.274. The Balaban J connectivity index is 3.02. The van der Waals surface area contributed by atoms with Crippen LogP contribution in [0.2, 0.25) is 0 Å². The summed E-state index contributed by atoms with van der Waals surface area (Å²) in [7, 11) is 1.54. The SMILES string of the molecule is COc1cc(Br)cc(CO)n1. The van der Waals surface area contributed by atoms with E-state index in [1.807, 2.05) is 0 Å². The third-order valence-electron chi connectivity index (χ3n) is 1.19. The van der Waals surface area contributed by atoms with Crippen molar-refractivity contribution in [3.8, 4) is 5.88 Å². The van der Waals surface area contributed by atoms with Crippen molar-refractivity contribution in [2.24, 2.45) is 0 Å².